The summed E-state index contributed by atoms with van der Waals surface area (Å²) < 4.78 is 0. The van der Waals surface area contributed by atoms with Gasteiger partial charge < -0.3 is 10.0 Å². The van der Waals surface area contributed by atoms with Gasteiger partial charge >= 0.3 is 0 Å². The van der Waals surface area contributed by atoms with E-state index >= 15 is 0 Å². The minimum absolute atomic E-state index is 0.00532. The van der Waals surface area contributed by atoms with Crippen molar-refractivity contribution in [1.82, 2.24) is 9.88 Å². The molecule has 1 saturated heterocycles. The molecule has 0 bridgehead atoms. The third-order valence-corrected chi connectivity index (χ3v) is 4.78. The van der Waals surface area contributed by atoms with Crippen molar-refractivity contribution < 1.29 is 14.9 Å². The van der Waals surface area contributed by atoms with Gasteiger partial charge in [0, 0.05) is 17.7 Å². The molecule has 5 heteroatoms. The summed E-state index contributed by atoms with van der Waals surface area (Å²) in [5, 5.41) is 10.5. The van der Waals surface area contributed by atoms with Crippen molar-refractivity contribution in [1.29, 1.82) is 0 Å². The second-order valence-corrected chi connectivity index (χ2v) is 6.25. The van der Waals surface area contributed by atoms with Crippen molar-refractivity contribution >= 4 is 16.9 Å². The normalized spacial score (nSPS) is 17.5. The standard InChI is InChI=1S/C19H19N3O2/c23-12-17-2-1-9-22(17)19(24)14-5-3-13(4-6-14)16-10-15-7-8-20-18(15)21-11-16/h3-8,10-11,17,23H,1-2,9,12H2,(H,20,21)/p+1/t17-/m0/s1. The first-order valence-corrected chi connectivity index (χ1v) is 8.27. The molecule has 1 aromatic carbocycles. The number of carbonyl (C=O) groups excluding carboxylic acids is 1. The number of fused-ring (bicyclic) bond motifs is 1. The largest absolute Gasteiger partial charge is 0.394 e. The first kappa shape index (κ1) is 14.9. The lowest BCUT2D eigenvalue weighted by molar-refractivity contribution is -0.346. The number of carbonyl (C=O) groups is 1. The number of aliphatic hydroxyl groups is 1. The molecule has 0 aliphatic carbocycles. The molecule has 0 radical (unpaired) electrons. The van der Waals surface area contributed by atoms with Crippen molar-refractivity contribution in [2.24, 2.45) is 0 Å². The van der Waals surface area contributed by atoms with Gasteiger partial charge in [0.05, 0.1) is 30.4 Å². The Bertz CT molecular complexity index is 870. The van der Waals surface area contributed by atoms with Gasteiger partial charge in [-0.1, -0.05) is 12.1 Å². The fraction of sp³-hybridized carbons (Fsp3) is 0.263. The van der Waals surface area contributed by atoms with Crippen LogP contribution in [-0.2, 0) is 0 Å². The van der Waals surface area contributed by atoms with Gasteiger partial charge in [-0.25, -0.2) is 9.97 Å². The Kier molecular flexibility index (Phi) is 3.78. The molecule has 2 aromatic heterocycles. The summed E-state index contributed by atoms with van der Waals surface area (Å²) >= 11 is 0. The van der Waals surface area contributed by atoms with Gasteiger partial charge in [-0.2, -0.15) is 0 Å². The van der Waals surface area contributed by atoms with Gasteiger partial charge in [0.25, 0.3) is 11.6 Å². The van der Waals surface area contributed by atoms with Crippen LogP contribution in [-0.4, -0.2) is 40.1 Å². The summed E-state index contributed by atoms with van der Waals surface area (Å²) in [7, 11) is 0. The molecular formula is C19H20N3O2+. The molecular weight excluding hydrogens is 302 g/mol. The molecule has 24 heavy (non-hydrogen) atoms. The lowest BCUT2D eigenvalue weighted by atomic mass is 10.0. The summed E-state index contributed by atoms with van der Waals surface area (Å²) in [6.45, 7) is 0.765. The maximum atomic E-state index is 12.6. The highest BCUT2D eigenvalue weighted by Crippen LogP contribution is 2.23. The molecule has 1 amide bonds. The summed E-state index contributed by atoms with van der Waals surface area (Å²) in [4.78, 5) is 20.8. The number of rotatable bonds is 3. The minimum atomic E-state index is -0.0391. The van der Waals surface area contributed by atoms with Crippen LogP contribution in [0.4, 0.5) is 0 Å². The zero-order chi connectivity index (χ0) is 16.5. The number of aliphatic hydroxyl groups excluding tert-OH is 1. The molecule has 1 aliphatic heterocycles. The van der Waals surface area contributed by atoms with Crippen LogP contribution in [0.15, 0.2) is 48.8 Å². The molecule has 1 atom stereocenters. The number of likely N-dealkylation sites (tertiary alicyclic amines) is 1. The molecule has 3 heterocycles. The van der Waals surface area contributed by atoms with E-state index in [1.165, 1.54) is 0 Å². The van der Waals surface area contributed by atoms with Crippen molar-refractivity contribution in [2.45, 2.75) is 18.9 Å². The fourth-order valence-corrected chi connectivity index (χ4v) is 3.42. The number of pyridine rings is 1. The predicted octanol–water partition coefficient (Wildman–Crippen LogP) is 2.25. The number of nitrogens with one attached hydrogen (secondary N) is 2. The number of H-pyrrole nitrogens is 2. The van der Waals surface area contributed by atoms with E-state index in [1.807, 2.05) is 42.7 Å². The van der Waals surface area contributed by atoms with Crippen molar-refractivity contribution in [3.63, 3.8) is 0 Å². The van der Waals surface area contributed by atoms with E-state index in [0.717, 1.165) is 41.5 Å². The van der Waals surface area contributed by atoms with Crippen LogP contribution in [0, 0.1) is 0 Å². The Labute approximate surface area is 139 Å². The van der Waals surface area contributed by atoms with Crippen molar-refractivity contribution in [3.8, 4) is 11.1 Å². The van der Waals surface area contributed by atoms with Gasteiger partial charge in [0.2, 0.25) is 0 Å². The van der Waals surface area contributed by atoms with Crippen LogP contribution in [0.3, 0.4) is 0 Å². The van der Waals surface area contributed by atoms with Crippen molar-refractivity contribution in [3.05, 3.63) is 54.4 Å². The Morgan fingerprint density at radius 3 is 2.88 bits per heavy atom. The number of hydrogen-bond donors (Lipinski definition) is 2. The van der Waals surface area contributed by atoms with E-state index in [2.05, 4.69) is 16.0 Å². The maximum absolute atomic E-state index is 12.6. The first-order chi connectivity index (χ1) is 11.8. The second-order valence-electron chi connectivity index (χ2n) is 6.25. The van der Waals surface area contributed by atoms with Crippen LogP contribution in [0.25, 0.3) is 22.2 Å². The summed E-state index contributed by atoms with van der Waals surface area (Å²) in [5.41, 5.74) is 3.81. The third kappa shape index (κ3) is 2.57. The molecule has 122 valence electrons. The van der Waals surface area contributed by atoms with Crippen molar-refractivity contribution in [2.75, 3.05) is 13.2 Å². The van der Waals surface area contributed by atoms with Crippen LogP contribution >= 0.6 is 0 Å². The van der Waals surface area contributed by atoms with Gasteiger partial charge in [0.15, 0.2) is 0 Å². The Morgan fingerprint density at radius 2 is 2.08 bits per heavy atom. The number of nitrogens with zero attached hydrogens (tertiary/aromatic N) is 1. The minimum Gasteiger partial charge on any atom is -0.394 e. The second kappa shape index (κ2) is 6.09. The van der Waals surface area contributed by atoms with E-state index in [-0.39, 0.29) is 18.6 Å². The van der Waals surface area contributed by atoms with Gasteiger partial charge in [-0.3, -0.25) is 4.79 Å². The van der Waals surface area contributed by atoms with E-state index in [4.69, 9.17) is 0 Å². The molecule has 0 saturated carbocycles. The quantitative estimate of drug-likeness (QED) is 0.776. The number of amides is 1. The van der Waals surface area contributed by atoms with Crippen LogP contribution in [0.5, 0.6) is 0 Å². The number of aromatic nitrogens is 2. The highest BCUT2D eigenvalue weighted by atomic mass is 16.3. The van der Waals surface area contributed by atoms with E-state index in [0.29, 0.717) is 5.56 Å². The summed E-state index contributed by atoms with van der Waals surface area (Å²) in [6.07, 6.45) is 5.70. The SMILES string of the molecule is O=C(c1ccc(-c2c[nH+]c3[nH]ccc3c2)cc1)N1CCC[C@H]1CO. The zero-order valence-corrected chi connectivity index (χ0v) is 13.3. The van der Waals surface area contributed by atoms with E-state index < -0.39 is 0 Å². The predicted molar refractivity (Wildman–Crippen MR) is 91.4 cm³/mol. The molecule has 0 unspecified atom stereocenters. The van der Waals surface area contributed by atoms with Gasteiger partial charge in [-0.05, 0) is 42.7 Å². The van der Waals surface area contributed by atoms with Crippen LogP contribution in [0.1, 0.15) is 23.2 Å². The molecule has 3 aromatic rings. The topological polar surface area (TPSA) is 70.5 Å². The zero-order valence-electron chi connectivity index (χ0n) is 13.3. The number of hydrogen-bond acceptors (Lipinski definition) is 2. The monoisotopic (exact) mass is 322 g/mol. The first-order valence-electron chi connectivity index (χ1n) is 8.27. The smallest absolute Gasteiger partial charge is 0.284 e. The van der Waals surface area contributed by atoms with Gasteiger partial charge in [0.1, 0.15) is 0 Å². The average Bonchev–Trinajstić information content (AvgIpc) is 3.29. The number of benzene rings is 1. The van der Waals surface area contributed by atoms with E-state index in [9.17, 15) is 9.90 Å². The Balaban J connectivity index is 1.59. The molecule has 1 aliphatic rings. The summed E-state index contributed by atoms with van der Waals surface area (Å²) in [5.74, 6) is 0.00532. The van der Waals surface area contributed by atoms with Crippen LogP contribution < -0.4 is 4.98 Å². The Hall–Kier alpha value is -2.66. The molecule has 1 fully saturated rings. The summed E-state index contributed by atoms with van der Waals surface area (Å²) in [6, 6.07) is 11.8. The van der Waals surface area contributed by atoms with Crippen LogP contribution in [0.2, 0.25) is 0 Å². The fourth-order valence-electron chi connectivity index (χ4n) is 3.42. The highest BCUT2D eigenvalue weighted by molar-refractivity contribution is 5.95. The molecule has 0 spiro atoms. The molecule has 3 N–H and O–H groups in total. The maximum Gasteiger partial charge on any atom is 0.284 e. The number of aromatic amines is 2. The van der Waals surface area contributed by atoms with Gasteiger partial charge in [-0.15, -0.1) is 0 Å². The molecule has 4 rings (SSSR count). The molecule has 5 nitrogen and oxygen atoms in total. The third-order valence-electron chi connectivity index (χ3n) is 4.78. The lowest BCUT2D eigenvalue weighted by Crippen LogP contribution is -2.37. The highest BCUT2D eigenvalue weighted by Gasteiger charge is 2.28. The average molecular weight is 322 g/mol. The van der Waals surface area contributed by atoms with E-state index in [1.54, 1.807) is 4.90 Å². The lowest BCUT2D eigenvalue weighted by Gasteiger charge is -2.23. The Morgan fingerprint density at radius 1 is 1.25 bits per heavy atom.